The van der Waals surface area contributed by atoms with Gasteiger partial charge in [-0.2, -0.15) is 0 Å². The quantitative estimate of drug-likeness (QED) is 0.366. The fourth-order valence-corrected chi connectivity index (χ4v) is 3.29. The number of nitrogen functional groups attached to an aromatic ring is 1. The monoisotopic (exact) mass is 390 g/mol. The topological polar surface area (TPSA) is 56.0 Å². The van der Waals surface area contributed by atoms with Crippen LogP contribution in [0.15, 0.2) is 54.7 Å². The first kappa shape index (κ1) is 17.7. The molecule has 0 radical (unpaired) electrons. The molecular formula is C19H13Cl3N2O. The average Bonchev–Trinajstić information content (AvgIpc) is 2.58. The van der Waals surface area contributed by atoms with Crippen LogP contribution in [-0.4, -0.2) is 10.8 Å². The van der Waals surface area contributed by atoms with Crippen LogP contribution in [0.1, 0.15) is 27.0 Å². The van der Waals surface area contributed by atoms with Crippen LogP contribution in [0.4, 0.5) is 5.69 Å². The zero-order chi connectivity index (χ0) is 18.0. The van der Waals surface area contributed by atoms with Gasteiger partial charge in [0, 0.05) is 39.5 Å². The van der Waals surface area contributed by atoms with Gasteiger partial charge in [-0.05, 0) is 35.4 Å². The summed E-state index contributed by atoms with van der Waals surface area (Å²) in [7, 11) is 0. The van der Waals surface area contributed by atoms with Crippen molar-refractivity contribution >= 4 is 46.3 Å². The van der Waals surface area contributed by atoms with E-state index in [1.807, 2.05) is 12.1 Å². The number of rotatable bonds is 4. The third kappa shape index (κ3) is 4.13. The maximum atomic E-state index is 12.5. The Morgan fingerprint density at radius 1 is 0.920 bits per heavy atom. The lowest BCUT2D eigenvalue weighted by Gasteiger charge is -2.09. The van der Waals surface area contributed by atoms with E-state index in [4.69, 9.17) is 40.5 Å². The van der Waals surface area contributed by atoms with Crippen LogP contribution in [0.2, 0.25) is 15.2 Å². The molecule has 2 N–H and O–H groups in total. The SMILES string of the molecule is Nc1cc(Cl)c(Cc2ccc(C(=O)c3ccnc(Cl)c3)cc2)c(Cl)c1. The summed E-state index contributed by atoms with van der Waals surface area (Å²) in [5.74, 6) is -0.112. The van der Waals surface area contributed by atoms with Crippen molar-refractivity contribution in [1.29, 1.82) is 0 Å². The fourth-order valence-electron chi connectivity index (χ4n) is 2.48. The van der Waals surface area contributed by atoms with Gasteiger partial charge in [0.05, 0.1) is 0 Å². The highest BCUT2D eigenvalue weighted by molar-refractivity contribution is 6.36. The number of nitrogens with zero attached hydrogens (tertiary/aromatic N) is 1. The summed E-state index contributed by atoms with van der Waals surface area (Å²) in [5.41, 5.74) is 9.10. The van der Waals surface area contributed by atoms with Gasteiger partial charge >= 0.3 is 0 Å². The van der Waals surface area contributed by atoms with Gasteiger partial charge < -0.3 is 5.73 Å². The average molecular weight is 392 g/mol. The lowest BCUT2D eigenvalue weighted by atomic mass is 9.99. The number of carbonyl (C=O) groups excluding carboxylic acids is 1. The number of aromatic nitrogens is 1. The molecule has 0 bridgehead atoms. The molecule has 0 unspecified atom stereocenters. The first-order chi connectivity index (χ1) is 11.9. The molecule has 0 atom stereocenters. The van der Waals surface area contributed by atoms with Crippen molar-refractivity contribution in [2.75, 3.05) is 5.73 Å². The zero-order valence-corrected chi connectivity index (χ0v) is 15.2. The van der Waals surface area contributed by atoms with E-state index in [9.17, 15) is 4.79 Å². The molecule has 0 saturated heterocycles. The molecule has 0 aliphatic rings. The van der Waals surface area contributed by atoms with Crippen molar-refractivity contribution < 1.29 is 4.79 Å². The second-order valence-corrected chi connectivity index (χ2v) is 6.73. The third-order valence-electron chi connectivity index (χ3n) is 3.75. The number of hydrogen-bond acceptors (Lipinski definition) is 3. The summed E-state index contributed by atoms with van der Waals surface area (Å²) >= 11 is 18.3. The molecule has 1 aromatic heterocycles. The lowest BCUT2D eigenvalue weighted by molar-refractivity contribution is 0.103. The highest BCUT2D eigenvalue weighted by Crippen LogP contribution is 2.30. The molecule has 0 fully saturated rings. The molecule has 3 aromatic rings. The van der Waals surface area contributed by atoms with Crippen molar-refractivity contribution in [3.8, 4) is 0 Å². The molecule has 2 aromatic carbocycles. The molecule has 0 aliphatic heterocycles. The summed E-state index contributed by atoms with van der Waals surface area (Å²) in [6.07, 6.45) is 2.06. The number of hydrogen-bond donors (Lipinski definition) is 1. The molecule has 0 spiro atoms. The van der Waals surface area contributed by atoms with Gasteiger partial charge in [0.1, 0.15) is 5.15 Å². The van der Waals surface area contributed by atoms with Crippen molar-refractivity contribution in [3.05, 3.63) is 92.2 Å². The van der Waals surface area contributed by atoms with E-state index in [0.717, 1.165) is 11.1 Å². The standard InChI is InChI=1S/C19H13Cl3N2O/c20-16-9-14(23)10-17(21)15(16)7-11-1-3-12(4-2-11)19(25)13-5-6-24-18(22)8-13/h1-6,8-10H,7,23H2. The maximum absolute atomic E-state index is 12.5. The van der Waals surface area contributed by atoms with E-state index < -0.39 is 0 Å². The van der Waals surface area contributed by atoms with Gasteiger partial charge in [-0.3, -0.25) is 4.79 Å². The summed E-state index contributed by atoms with van der Waals surface area (Å²) in [6, 6.07) is 13.8. The molecular weight excluding hydrogens is 379 g/mol. The molecule has 0 saturated carbocycles. The van der Waals surface area contributed by atoms with Gasteiger partial charge in [-0.25, -0.2) is 4.98 Å². The molecule has 126 valence electrons. The number of pyridine rings is 1. The van der Waals surface area contributed by atoms with Gasteiger partial charge in [-0.15, -0.1) is 0 Å². The Morgan fingerprint density at radius 2 is 1.56 bits per heavy atom. The fraction of sp³-hybridized carbons (Fsp3) is 0.0526. The van der Waals surface area contributed by atoms with E-state index in [0.29, 0.717) is 33.3 Å². The van der Waals surface area contributed by atoms with E-state index in [2.05, 4.69) is 4.98 Å². The first-order valence-electron chi connectivity index (χ1n) is 7.42. The zero-order valence-electron chi connectivity index (χ0n) is 13.0. The smallest absolute Gasteiger partial charge is 0.193 e. The molecule has 1 heterocycles. The van der Waals surface area contributed by atoms with Crippen LogP contribution in [-0.2, 0) is 6.42 Å². The Kier molecular flexibility index (Phi) is 5.28. The Morgan fingerprint density at radius 3 is 2.16 bits per heavy atom. The van der Waals surface area contributed by atoms with Crippen LogP contribution in [0, 0.1) is 0 Å². The van der Waals surface area contributed by atoms with Gasteiger partial charge in [0.2, 0.25) is 0 Å². The van der Waals surface area contributed by atoms with Gasteiger partial charge in [0.15, 0.2) is 5.78 Å². The van der Waals surface area contributed by atoms with Crippen molar-refractivity contribution in [2.45, 2.75) is 6.42 Å². The molecule has 3 nitrogen and oxygen atoms in total. The van der Waals surface area contributed by atoms with E-state index in [1.54, 1.807) is 36.4 Å². The van der Waals surface area contributed by atoms with E-state index >= 15 is 0 Å². The van der Waals surface area contributed by atoms with E-state index in [1.165, 1.54) is 6.20 Å². The van der Waals surface area contributed by atoms with Crippen LogP contribution in [0.25, 0.3) is 0 Å². The molecule has 0 aliphatic carbocycles. The van der Waals surface area contributed by atoms with Crippen LogP contribution in [0.3, 0.4) is 0 Å². The predicted molar refractivity (Wildman–Crippen MR) is 103 cm³/mol. The normalized spacial score (nSPS) is 10.7. The van der Waals surface area contributed by atoms with E-state index in [-0.39, 0.29) is 10.9 Å². The second kappa shape index (κ2) is 7.44. The third-order valence-corrected chi connectivity index (χ3v) is 4.63. The number of ketones is 1. The minimum absolute atomic E-state index is 0.112. The van der Waals surface area contributed by atoms with Crippen LogP contribution >= 0.6 is 34.8 Å². The Bertz CT molecular complexity index is 917. The minimum Gasteiger partial charge on any atom is -0.399 e. The van der Waals surface area contributed by atoms with Crippen molar-refractivity contribution in [2.24, 2.45) is 0 Å². The number of halogens is 3. The first-order valence-corrected chi connectivity index (χ1v) is 8.56. The Labute approximate surface area is 160 Å². The van der Waals surface area contributed by atoms with Crippen LogP contribution in [0.5, 0.6) is 0 Å². The van der Waals surface area contributed by atoms with Gasteiger partial charge in [0.25, 0.3) is 0 Å². The summed E-state index contributed by atoms with van der Waals surface area (Å²) < 4.78 is 0. The largest absolute Gasteiger partial charge is 0.399 e. The Hall–Kier alpha value is -2.07. The number of anilines is 1. The predicted octanol–water partition coefficient (Wildman–Crippen LogP) is 5.45. The number of benzene rings is 2. The number of nitrogens with two attached hydrogens (primary N) is 1. The van der Waals surface area contributed by atoms with Crippen LogP contribution < -0.4 is 5.73 Å². The summed E-state index contributed by atoms with van der Waals surface area (Å²) in [5, 5.41) is 1.34. The van der Waals surface area contributed by atoms with Crippen molar-refractivity contribution in [1.82, 2.24) is 4.98 Å². The second-order valence-electron chi connectivity index (χ2n) is 5.53. The molecule has 25 heavy (non-hydrogen) atoms. The summed E-state index contributed by atoms with van der Waals surface area (Å²) in [6.45, 7) is 0. The van der Waals surface area contributed by atoms with Gasteiger partial charge in [-0.1, -0.05) is 59.1 Å². The number of carbonyl (C=O) groups is 1. The molecule has 0 amide bonds. The highest BCUT2D eigenvalue weighted by atomic mass is 35.5. The maximum Gasteiger partial charge on any atom is 0.193 e. The lowest BCUT2D eigenvalue weighted by Crippen LogP contribution is -2.02. The van der Waals surface area contributed by atoms with Crippen molar-refractivity contribution in [3.63, 3.8) is 0 Å². The summed E-state index contributed by atoms with van der Waals surface area (Å²) in [4.78, 5) is 16.4. The highest BCUT2D eigenvalue weighted by Gasteiger charge is 2.12. The molecule has 3 rings (SSSR count). The molecule has 6 heteroatoms. The minimum atomic E-state index is -0.112. The Balaban J connectivity index is 1.82.